The van der Waals surface area contributed by atoms with E-state index < -0.39 is 5.97 Å². The minimum Gasteiger partial charge on any atom is -0.481 e. The number of carboxylic acid groups (broad SMARTS) is 1. The summed E-state index contributed by atoms with van der Waals surface area (Å²) in [6, 6.07) is 0. The molecule has 1 aliphatic rings. The fraction of sp³-hybridized carbons (Fsp3) is 0.636. The zero-order valence-electron chi connectivity index (χ0n) is 9.52. The number of allylic oxidation sites excluding steroid dienone is 2. The Morgan fingerprint density at radius 2 is 2.13 bits per heavy atom. The van der Waals surface area contributed by atoms with Crippen molar-refractivity contribution in [2.45, 2.75) is 20.8 Å². The van der Waals surface area contributed by atoms with E-state index >= 15 is 0 Å². The molecular formula is C11H17NO3. The van der Waals surface area contributed by atoms with Crippen LogP contribution in [0.1, 0.15) is 20.8 Å². The molecule has 0 bridgehead atoms. The maximum atomic E-state index is 10.9. The normalized spacial score (nSPS) is 29.2. The van der Waals surface area contributed by atoms with Crippen LogP contribution in [0.4, 0.5) is 0 Å². The molecule has 0 unspecified atom stereocenters. The number of hydrogen-bond donors (Lipinski definition) is 1. The number of carbonyl (C=O) groups is 1. The van der Waals surface area contributed by atoms with Crippen molar-refractivity contribution in [2.75, 3.05) is 7.11 Å². The van der Waals surface area contributed by atoms with Crippen LogP contribution in [0.25, 0.3) is 0 Å². The van der Waals surface area contributed by atoms with Crippen LogP contribution in [0.2, 0.25) is 0 Å². The third kappa shape index (κ3) is 2.37. The Balaban J connectivity index is 2.63. The van der Waals surface area contributed by atoms with Crippen LogP contribution in [0.3, 0.4) is 0 Å². The summed E-state index contributed by atoms with van der Waals surface area (Å²) in [7, 11) is 1.48. The van der Waals surface area contributed by atoms with Gasteiger partial charge in [0.2, 0.25) is 0 Å². The highest BCUT2D eigenvalue weighted by Crippen LogP contribution is 2.58. The zero-order valence-corrected chi connectivity index (χ0v) is 9.52. The molecule has 0 spiro atoms. The predicted molar refractivity (Wildman–Crippen MR) is 57.7 cm³/mol. The van der Waals surface area contributed by atoms with Crippen molar-refractivity contribution >= 4 is 11.7 Å². The Labute approximate surface area is 89.6 Å². The monoisotopic (exact) mass is 211 g/mol. The molecule has 0 heterocycles. The first kappa shape index (κ1) is 11.8. The number of hydrogen-bond acceptors (Lipinski definition) is 3. The highest BCUT2D eigenvalue weighted by atomic mass is 16.6. The van der Waals surface area contributed by atoms with Gasteiger partial charge < -0.3 is 9.94 Å². The molecule has 15 heavy (non-hydrogen) atoms. The molecule has 84 valence electrons. The van der Waals surface area contributed by atoms with Crippen LogP contribution in [0, 0.1) is 17.3 Å². The van der Waals surface area contributed by atoms with E-state index in [2.05, 4.69) is 9.99 Å². The van der Waals surface area contributed by atoms with Gasteiger partial charge in [-0.2, -0.15) is 0 Å². The maximum absolute atomic E-state index is 10.9. The molecule has 4 heteroatoms. The predicted octanol–water partition coefficient (Wildman–Crippen LogP) is 1.92. The molecule has 2 atom stereocenters. The van der Waals surface area contributed by atoms with Gasteiger partial charge in [0.15, 0.2) is 0 Å². The molecule has 0 aromatic carbocycles. The summed E-state index contributed by atoms with van der Waals surface area (Å²) in [5.41, 5.74) is 0.597. The molecule has 1 aliphatic carbocycles. The number of oxime groups is 1. The van der Waals surface area contributed by atoms with Gasteiger partial charge in [0.1, 0.15) is 7.11 Å². The first-order valence-corrected chi connectivity index (χ1v) is 4.90. The van der Waals surface area contributed by atoms with Gasteiger partial charge in [-0.15, -0.1) is 0 Å². The van der Waals surface area contributed by atoms with Crippen molar-refractivity contribution in [1.29, 1.82) is 0 Å². The lowest BCUT2D eigenvalue weighted by molar-refractivity contribution is -0.139. The standard InChI is InChI=1S/C11H17NO3/c1-7(12-15-4)5-6-8-9(10(13)14)11(8,2)3/h5-6,8-9H,1-4H3,(H,13,14)/t8-,9+/m0/s1. The number of carboxylic acids is 1. The zero-order chi connectivity index (χ0) is 11.6. The van der Waals surface area contributed by atoms with Gasteiger partial charge in [-0.1, -0.05) is 25.1 Å². The second-order valence-electron chi connectivity index (χ2n) is 4.44. The largest absolute Gasteiger partial charge is 0.481 e. The summed E-state index contributed by atoms with van der Waals surface area (Å²) in [4.78, 5) is 15.5. The lowest BCUT2D eigenvalue weighted by Gasteiger charge is -1.96. The molecule has 1 fully saturated rings. The van der Waals surface area contributed by atoms with Crippen LogP contribution in [-0.2, 0) is 9.63 Å². The minimum atomic E-state index is -0.726. The quantitative estimate of drug-likeness (QED) is 0.571. The molecule has 0 amide bonds. The first-order chi connectivity index (χ1) is 6.91. The molecule has 1 rings (SSSR count). The van der Waals surface area contributed by atoms with Gasteiger partial charge in [-0.05, 0) is 24.3 Å². The Bertz CT molecular complexity index is 318. The highest BCUT2D eigenvalue weighted by molar-refractivity contribution is 5.92. The Kier molecular flexibility index (Phi) is 3.17. The van der Waals surface area contributed by atoms with E-state index in [0.717, 1.165) is 5.71 Å². The van der Waals surface area contributed by atoms with Crippen LogP contribution >= 0.6 is 0 Å². The van der Waals surface area contributed by atoms with Crippen molar-refractivity contribution in [3.8, 4) is 0 Å². The fourth-order valence-electron chi connectivity index (χ4n) is 1.93. The molecule has 1 saturated carbocycles. The average Bonchev–Trinajstić information content (AvgIpc) is 2.65. The van der Waals surface area contributed by atoms with Crippen LogP contribution in [0.15, 0.2) is 17.3 Å². The number of aliphatic carboxylic acids is 1. The van der Waals surface area contributed by atoms with Crippen LogP contribution < -0.4 is 0 Å². The van der Waals surface area contributed by atoms with E-state index in [0.29, 0.717) is 0 Å². The summed E-state index contributed by atoms with van der Waals surface area (Å²) in [5.74, 6) is -0.905. The second kappa shape index (κ2) is 4.04. The lowest BCUT2D eigenvalue weighted by Crippen LogP contribution is -2.03. The fourth-order valence-corrected chi connectivity index (χ4v) is 1.93. The van der Waals surface area contributed by atoms with Crippen LogP contribution in [0.5, 0.6) is 0 Å². The van der Waals surface area contributed by atoms with Gasteiger partial charge in [0.05, 0.1) is 11.6 Å². The highest BCUT2D eigenvalue weighted by Gasteiger charge is 2.60. The van der Waals surface area contributed by atoms with Crippen molar-refractivity contribution in [1.82, 2.24) is 0 Å². The summed E-state index contributed by atoms with van der Waals surface area (Å²) < 4.78 is 0. The van der Waals surface area contributed by atoms with E-state index in [1.54, 1.807) is 6.08 Å². The smallest absolute Gasteiger partial charge is 0.307 e. The SMILES string of the molecule is CON=C(C)C=C[C@H]1[C@H](C(=O)O)C1(C)C. The summed E-state index contributed by atoms with van der Waals surface area (Å²) >= 11 is 0. The lowest BCUT2D eigenvalue weighted by atomic mass is 10.1. The van der Waals surface area contributed by atoms with Gasteiger partial charge >= 0.3 is 5.97 Å². The molecule has 0 aromatic rings. The Hall–Kier alpha value is -1.32. The third-order valence-electron chi connectivity index (χ3n) is 2.96. The van der Waals surface area contributed by atoms with E-state index in [4.69, 9.17) is 5.11 Å². The van der Waals surface area contributed by atoms with Gasteiger partial charge in [-0.3, -0.25) is 4.79 Å². The Morgan fingerprint density at radius 1 is 1.53 bits per heavy atom. The third-order valence-corrected chi connectivity index (χ3v) is 2.96. The van der Waals surface area contributed by atoms with Crippen molar-refractivity contribution in [2.24, 2.45) is 22.4 Å². The van der Waals surface area contributed by atoms with Crippen molar-refractivity contribution in [3.63, 3.8) is 0 Å². The molecule has 0 aliphatic heterocycles. The summed E-state index contributed by atoms with van der Waals surface area (Å²) in [6.45, 7) is 5.73. The minimum absolute atomic E-state index is 0.0945. The molecule has 4 nitrogen and oxygen atoms in total. The average molecular weight is 211 g/mol. The number of nitrogens with zero attached hydrogens (tertiary/aromatic N) is 1. The molecule has 0 aromatic heterocycles. The van der Waals surface area contributed by atoms with Crippen molar-refractivity contribution in [3.05, 3.63) is 12.2 Å². The van der Waals surface area contributed by atoms with E-state index in [9.17, 15) is 4.79 Å². The molecule has 0 saturated heterocycles. The molecular weight excluding hydrogens is 194 g/mol. The second-order valence-corrected chi connectivity index (χ2v) is 4.44. The van der Waals surface area contributed by atoms with Gasteiger partial charge in [0, 0.05) is 0 Å². The van der Waals surface area contributed by atoms with E-state index in [-0.39, 0.29) is 17.3 Å². The van der Waals surface area contributed by atoms with Crippen molar-refractivity contribution < 1.29 is 14.7 Å². The first-order valence-electron chi connectivity index (χ1n) is 4.90. The molecule has 0 radical (unpaired) electrons. The van der Waals surface area contributed by atoms with Gasteiger partial charge in [0.25, 0.3) is 0 Å². The Morgan fingerprint density at radius 3 is 2.53 bits per heavy atom. The van der Waals surface area contributed by atoms with E-state index in [1.807, 2.05) is 26.8 Å². The topological polar surface area (TPSA) is 58.9 Å². The van der Waals surface area contributed by atoms with Crippen LogP contribution in [-0.4, -0.2) is 23.9 Å². The maximum Gasteiger partial charge on any atom is 0.307 e. The molecule has 1 N–H and O–H groups in total. The number of rotatable bonds is 4. The summed E-state index contributed by atoms with van der Waals surface area (Å²) in [5, 5.41) is 12.7. The van der Waals surface area contributed by atoms with Gasteiger partial charge in [-0.25, -0.2) is 0 Å². The van der Waals surface area contributed by atoms with E-state index in [1.165, 1.54) is 7.11 Å². The summed E-state index contributed by atoms with van der Waals surface area (Å²) in [6.07, 6.45) is 3.70.